The molecule has 28 heavy (non-hydrogen) atoms. The summed E-state index contributed by atoms with van der Waals surface area (Å²) in [5, 5.41) is 5.15. The quantitative estimate of drug-likeness (QED) is 0.483. The molecule has 2 aromatic heterocycles. The van der Waals surface area contributed by atoms with Gasteiger partial charge >= 0.3 is 0 Å². The number of fused-ring (bicyclic) bond motifs is 1. The van der Waals surface area contributed by atoms with Crippen molar-refractivity contribution in [1.29, 1.82) is 0 Å². The van der Waals surface area contributed by atoms with E-state index in [1.54, 1.807) is 0 Å². The van der Waals surface area contributed by atoms with Crippen molar-refractivity contribution < 1.29 is 13.2 Å². The van der Waals surface area contributed by atoms with E-state index in [4.69, 9.17) is 0 Å². The van der Waals surface area contributed by atoms with Gasteiger partial charge in [-0.25, -0.2) is 18.1 Å². The second kappa shape index (κ2) is 7.80. The zero-order valence-corrected chi connectivity index (χ0v) is 16.9. The van der Waals surface area contributed by atoms with E-state index in [1.807, 2.05) is 41.8 Å². The van der Waals surface area contributed by atoms with Crippen molar-refractivity contribution in [2.75, 3.05) is 5.32 Å². The van der Waals surface area contributed by atoms with Crippen LogP contribution >= 0.6 is 22.7 Å². The Balaban J connectivity index is 1.45. The Labute approximate surface area is 169 Å². The number of nitrogens with one attached hydrogen (secondary N) is 2. The van der Waals surface area contributed by atoms with Crippen molar-refractivity contribution in [3.05, 3.63) is 76.5 Å². The van der Waals surface area contributed by atoms with Crippen LogP contribution in [0.5, 0.6) is 0 Å². The van der Waals surface area contributed by atoms with Gasteiger partial charge in [-0.3, -0.25) is 10.1 Å². The number of hydrogen-bond donors (Lipinski definition) is 2. The second-order valence-electron chi connectivity index (χ2n) is 5.87. The molecule has 0 saturated heterocycles. The molecule has 0 aliphatic carbocycles. The van der Waals surface area contributed by atoms with E-state index < -0.39 is 10.0 Å². The molecule has 0 bridgehead atoms. The Morgan fingerprint density at radius 1 is 1.00 bits per heavy atom. The number of sulfonamides is 1. The molecular weight excluding hydrogens is 414 g/mol. The van der Waals surface area contributed by atoms with Gasteiger partial charge in [-0.15, -0.1) is 11.3 Å². The van der Waals surface area contributed by atoms with Crippen LogP contribution in [0.3, 0.4) is 0 Å². The van der Waals surface area contributed by atoms with Crippen molar-refractivity contribution in [3.63, 3.8) is 0 Å². The lowest BCUT2D eigenvalue weighted by atomic mass is 10.2. The summed E-state index contributed by atoms with van der Waals surface area (Å²) >= 11 is 2.87. The number of rotatable bonds is 6. The molecule has 0 aliphatic rings. The third kappa shape index (κ3) is 4.12. The van der Waals surface area contributed by atoms with E-state index in [2.05, 4.69) is 15.0 Å². The summed E-state index contributed by atoms with van der Waals surface area (Å²) in [6.45, 7) is 0.236. The molecule has 0 aliphatic heterocycles. The fraction of sp³-hybridized carbons (Fsp3) is 0.0526. The molecule has 0 saturated carbocycles. The molecule has 1 amide bonds. The van der Waals surface area contributed by atoms with E-state index in [-0.39, 0.29) is 17.3 Å². The number of nitrogens with zero attached hydrogens (tertiary/aromatic N) is 1. The van der Waals surface area contributed by atoms with Crippen molar-refractivity contribution in [1.82, 2.24) is 9.71 Å². The first-order valence-corrected chi connectivity index (χ1v) is 11.5. The minimum Gasteiger partial charge on any atom is -0.298 e. The van der Waals surface area contributed by atoms with Gasteiger partial charge in [0.05, 0.1) is 15.1 Å². The van der Waals surface area contributed by atoms with Crippen LogP contribution in [-0.4, -0.2) is 19.3 Å². The van der Waals surface area contributed by atoms with Gasteiger partial charge in [-0.05, 0) is 47.8 Å². The number of thiophene rings is 1. The summed E-state index contributed by atoms with van der Waals surface area (Å²) in [6.07, 6.45) is 0. The maximum Gasteiger partial charge on any atom is 0.257 e. The van der Waals surface area contributed by atoms with Gasteiger partial charge in [-0.1, -0.05) is 29.5 Å². The van der Waals surface area contributed by atoms with Gasteiger partial charge in [0, 0.05) is 17.0 Å². The highest BCUT2D eigenvalue weighted by atomic mass is 32.2. The molecule has 9 heteroatoms. The van der Waals surface area contributed by atoms with Gasteiger partial charge in [-0.2, -0.15) is 0 Å². The Morgan fingerprint density at radius 2 is 1.79 bits per heavy atom. The van der Waals surface area contributed by atoms with E-state index in [1.165, 1.54) is 46.9 Å². The number of carbonyl (C=O) groups excluding carboxylic acids is 1. The Hall–Kier alpha value is -2.59. The summed E-state index contributed by atoms with van der Waals surface area (Å²) in [6, 6.07) is 17.2. The normalized spacial score (nSPS) is 11.6. The SMILES string of the molecule is O=C(Nc1nc2ccccc2s1)c1ccc(S(=O)(=O)NCc2cccs2)cc1. The van der Waals surface area contributed by atoms with Crippen LogP contribution in [0, 0.1) is 0 Å². The van der Waals surface area contributed by atoms with Crippen LogP contribution in [0.2, 0.25) is 0 Å². The number of thiazole rings is 1. The number of benzene rings is 2. The second-order valence-corrected chi connectivity index (χ2v) is 9.70. The fourth-order valence-electron chi connectivity index (χ4n) is 2.54. The van der Waals surface area contributed by atoms with Crippen LogP contribution < -0.4 is 10.0 Å². The van der Waals surface area contributed by atoms with Crippen LogP contribution in [0.4, 0.5) is 5.13 Å². The van der Waals surface area contributed by atoms with E-state index in [0.717, 1.165) is 15.1 Å². The van der Waals surface area contributed by atoms with E-state index in [9.17, 15) is 13.2 Å². The van der Waals surface area contributed by atoms with E-state index >= 15 is 0 Å². The minimum absolute atomic E-state index is 0.112. The van der Waals surface area contributed by atoms with Crippen molar-refractivity contribution in [3.8, 4) is 0 Å². The molecular formula is C19H15N3O3S3. The van der Waals surface area contributed by atoms with Crippen LogP contribution in [-0.2, 0) is 16.6 Å². The molecule has 0 radical (unpaired) electrons. The molecule has 4 aromatic rings. The maximum absolute atomic E-state index is 12.4. The lowest BCUT2D eigenvalue weighted by Crippen LogP contribution is -2.23. The van der Waals surface area contributed by atoms with Crippen LogP contribution in [0.25, 0.3) is 10.2 Å². The Bertz CT molecular complexity index is 1180. The summed E-state index contributed by atoms with van der Waals surface area (Å²) in [5.74, 6) is -0.338. The first-order valence-electron chi connectivity index (χ1n) is 8.30. The Kier molecular flexibility index (Phi) is 5.23. The number of anilines is 1. The molecule has 2 aromatic carbocycles. The third-order valence-electron chi connectivity index (χ3n) is 3.96. The average Bonchev–Trinajstić information content (AvgIpc) is 3.35. The first kappa shape index (κ1) is 18.8. The van der Waals surface area contributed by atoms with Crippen LogP contribution in [0.15, 0.2) is 70.9 Å². The summed E-state index contributed by atoms with van der Waals surface area (Å²) < 4.78 is 28.3. The maximum atomic E-state index is 12.4. The predicted molar refractivity (Wildman–Crippen MR) is 112 cm³/mol. The predicted octanol–water partition coefficient (Wildman–Crippen LogP) is 4.09. The standard InChI is InChI=1S/C19H15N3O3S3/c23-18(22-19-21-16-5-1-2-6-17(16)27-19)13-7-9-15(10-8-13)28(24,25)20-12-14-4-3-11-26-14/h1-11,20H,12H2,(H,21,22,23). The molecule has 0 spiro atoms. The van der Waals surface area contributed by atoms with Gasteiger partial charge in [0.1, 0.15) is 0 Å². The highest BCUT2D eigenvalue weighted by Gasteiger charge is 2.16. The average molecular weight is 430 g/mol. The zero-order chi connectivity index (χ0) is 19.6. The molecule has 4 rings (SSSR count). The van der Waals surface area contributed by atoms with E-state index in [0.29, 0.717) is 10.7 Å². The number of amides is 1. The van der Waals surface area contributed by atoms with Crippen LogP contribution in [0.1, 0.15) is 15.2 Å². The smallest absolute Gasteiger partial charge is 0.257 e. The summed E-state index contributed by atoms with van der Waals surface area (Å²) in [4.78, 5) is 17.8. The summed E-state index contributed by atoms with van der Waals surface area (Å²) in [5.41, 5.74) is 1.18. The topological polar surface area (TPSA) is 88.2 Å². The van der Waals surface area contributed by atoms with Crippen molar-refractivity contribution >= 4 is 54.0 Å². The fourth-order valence-corrected chi connectivity index (χ4v) is 5.15. The van der Waals surface area contributed by atoms with Gasteiger partial charge in [0.2, 0.25) is 10.0 Å². The highest BCUT2D eigenvalue weighted by molar-refractivity contribution is 7.89. The van der Waals surface area contributed by atoms with Crippen molar-refractivity contribution in [2.24, 2.45) is 0 Å². The van der Waals surface area contributed by atoms with Gasteiger partial charge in [0.25, 0.3) is 5.91 Å². The van der Waals surface area contributed by atoms with Gasteiger partial charge < -0.3 is 0 Å². The molecule has 2 heterocycles. The molecule has 0 atom stereocenters. The Morgan fingerprint density at radius 3 is 2.50 bits per heavy atom. The lowest BCUT2D eigenvalue weighted by molar-refractivity contribution is 0.102. The monoisotopic (exact) mass is 429 g/mol. The number of hydrogen-bond acceptors (Lipinski definition) is 6. The minimum atomic E-state index is -3.64. The third-order valence-corrected chi connectivity index (χ3v) is 7.20. The zero-order valence-electron chi connectivity index (χ0n) is 14.5. The largest absolute Gasteiger partial charge is 0.298 e. The number of aromatic nitrogens is 1. The molecule has 0 fully saturated rings. The number of para-hydroxylation sites is 1. The summed E-state index contributed by atoms with van der Waals surface area (Å²) in [7, 11) is -3.64. The highest BCUT2D eigenvalue weighted by Crippen LogP contribution is 2.25. The first-order chi connectivity index (χ1) is 13.5. The van der Waals surface area contributed by atoms with Gasteiger partial charge in [0.15, 0.2) is 5.13 Å². The molecule has 0 unspecified atom stereocenters. The molecule has 2 N–H and O–H groups in total. The number of carbonyl (C=O) groups is 1. The molecule has 142 valence electrons. The lowest BCUT2D eigenvalue weighted by Gasteiger charge is -2.07. The molecule has 6 nitrogen and oxygen atoms in total. The van der Waals surface area contributed by atoms with Crippen molar-refractivity contribution in [2.45, 2.75) is 11.4 Å².